The summed E-state index contributed by atoms with van der Waals surface area (Å²) in [4.78, 5) is 4.50. The number of aromatic nitrogens is 1. The summed E-state index contributed by atoms with van der Waals surface area (Å²) in [7, 11) is 0. The van der Waals surface area contributed by atoms with E-state index in [0.29, 0.717) is 0 Å². The van der Waals surface area contributed by atoms with E-state index < -0.39 is 0 Å². The van der Waals surface area contributed by atoms with Crippen LogP contribution in [0.1, 0.15) is 66.1 Å². The second kappa shape index (κ2) is 5.26. The van der Waals surface area contributed by atoms with Gasteiger partial charge in [0.25, 0.3) is 0 Å². The number of allylic oxidation sites excluding steroid dienone is 2. The molecular weight excluding hydrogens is 218 g/mol. The summed E-state index contributed by atoms with van der Waals surface area (Å²) in [5.41, 5.74) is 4.13. The SMILES string of the molecule is CCC(C)(C)/C=C(\C)c1cc(C(C)(C)C)ccn1. The summed E-state index contributed by atoms with van der Waals surface area (Å²) in [6.45, 7) is 15.6. The highest BCUT2D eigenvalue weighted by atomic mass is 14.7. The van der Waals surface area contributed by atoms with Gasteiger partial charge in [-0.3, -0.25) is 4.98 Å². The molecule has 18 heavy (non-hydrogen) atoms. The molecular formula is C17H27N. The molecule has 0 aliphatic heterocycles. The van der Waals surface area contributed by atoms with Crippen LogP contribution in [0.25, 0.3) is 5.57 Å². The van der Waals surface area contributed by atoms with Crippen molar-refractivity contribution < 1.29 is 0 Å². The van der Waals surface area contributed by atoms with Crippen LogP contribution >= 0.6 is 0 Å². The van der Waals surface area contributed by atoms with Crippen LogP contribution in [-0.2, 0) is 5.41 Å². The van der Waals surface area contributed by atoms with Crippen molar-refractivity contribution >= 4 is 5.57 Å². The van der Waals surface area contributed by atoms with Gasteiger partial charge in [0.2, 0.25) is 0 Å². The molecule has 100 valence electrons. The Morgan fingerprint density at radius 3 is 2.33 bits per heavy atom. The highest BCUT2D eigenvalue weighted by molar-refractivity contribution is 5.61. The van der Waals surface area contributed by atoms with Crippen LogP contribution in [0, 0.1) is 5.41 Å². The predicted octanol–water partition coefficient (Wildman–Crippen LogP) is 5.22. The van der Waals surface area contributed by atoms with Gasteiger partial charge in [-0.05, 0) is 47.4 Å². The van der Waals surface area contributed by atoms with Crippen molar-refractivity contribution in [2.45, 2.75) is 60.3 Å². The van der Waals surface area contributed by atoms with Crippen molar-refractivity contribution in [3.05, 3.63) is 35.7 Å². The zero-order valence-corrected chi connectivity index (χ0v) is 13.0. The summed E-state index contributed by atoms with van der Waals surface area (Å²) in [5.74, 6) is 0. The molecule has 0 fully saturated rings. The molecule has 1 nitrogen and oxygen atoms in total. The van der Waals surface area contributed by atoms with Crippen molar-refractivity contribution in [3.8, 4) is 0 Å². The zero-order chi connectivity index (χ0) is 14.0. The highest BCUT2D eigenvalue weighted by Crippen LogP contribution is 2.28. The molecule has 0 atom stereocenters. The molecule has 0 aliphatic carbocycles. The molecule has 1 aromatic rings. The molecule has 1 aromatic heterocycles. The first kappa shape index (κ1) is 14.9. The van der Waals surface area contributed by atoms with Crippen LogP contribution in [0.5, 0.6) is 0 Å². The van der Waals surface area contributed by atoms with Gasteiger partial charge in [-0.1, -0.05) is 47.6 Å². The second-order valence-corrected chi connectivity index (χ2v) is 6.85. The Balaban J connectivity index is 3.12. The van der Waals surface area contributed by atoms with E-state index in [-0.39, 0.29) is 10.8 Å². The maximum absolute atomic E-state index is 4.50. The molecule has 0 spiro atoms. The third-order valence-corrected chi connectivity index (χ3v) is 3.55. The third kappa shape index (κ3) is 3.97. The topological polar surface area (TPSA) is 12.9 Å². The van der Waals surface area contributed by atoms with Gasteiger partial charge in [0, 0.05) is 6.20 Å². The molecule has 0 aliphatic rings. The quantitative estimate of drug-likeness (QED) is 0.711. The number of nitrogens with zero attached hydrogens (tertiary/aromatic N) is 1. The van der Waals surface area contributed by atoms with Gasteiger partial charge in [0.05, 0.1) is 5.69 Å². The molecule has 0 aromatic carbocycles. The van der Waals surface area contributed by atoms with Crippen molar-refractivity contribution in [2.24, 2.45) is 5.41 Å². The fraction of sp³-hybridized carbons (Fsp3) is 0.588. The first-order valence-electron chi connectivity index (χ1n) is 6.82. The fourth-order valence-corrected chi connectivity index (χ4v) is 1.87. The average Bonchev–Trinajstić information content (AvgIpc) is 2.27. The van der Waals surface area contributed by atoms with E-state index in [1.807, 2.05) is 6.20 Å². The second-order valence-electron chi connectivity index (χ2n) is 6.85. The molecule has 1 rings (SSSR count). The molecule has 1 heteroatoms. The standard InChI is InChI=1S/C17H27N/c1-8-17(6,7)12-13(2)15-11-14(9-10-18-15)16(3,4)5/h9-12H,8H2,1-7H3/b13-12+. The molecule has 0 saturated carbocycles. The summed E-state index contributed by atoms with van der Waals surface area (Å²) < 4.78 is 0. The maximum atomic E-state index is 4.50. The van der Waals surface area contributed by atoms with E-state index in [9.17, 15) is 0 Å². The Bertz CT molecular complexity index is 433. The smallest absolute Gasteiger partial charge is 0.0658 e. The number of rotatable bonds is 3. The lowest BCUT2D eigenvalue weighted by Crippen LogP contribution is -2.12. The van der Waals surface area contributed by atoms with Crippen molar-refractivity contribution in [2.75, 3.05) is 0 Å². The molecule has 0 amide bonds. The highest BCUT2D eigenvalue weighted by Gasteiger charge is 2.16. The van der Waals surface area contributed by atoms with E-state index in [4.69, 9.17) is 0 Å². The lowest BCUT2D eigenvalue weighted by molar-refractivity contribution is 0.463. The minimum absolute atomic E-state index is 0.179. The van der Waals surface area contributed by atoms with Crippen molar-refractivity contribution in [1.29, 1.82) is 0 Å². The van der Waals surface area contributed by atoms with E-state index in [1.165, 1.54) is 11.1 Å². The first-order valence-corrected chi connectivity index (χ1v) is 6.82. The van der Waals surface area contributed by atoms with Crippen LogP contribution in [0.2, 0.25) is 0 Å². The number of pyridine rings is 1. The molecule has 0 radical (unpaired) electrons. The Morgan fingerprint density at radius 1 is 1.22 bits per heavy atom. The van der Waals surface area contributed by atoms with E-state index in [0.717, 1.165) is 12.1 Å². The molecule has 1 heterocycles. The van der Waals surface area contributed by atoms with E-state index in [2.05, 4.69) is 71.7 Å². The summed E-state index contributed by atoms with van der Waals surface area (Å²) >= 11 is 0. The number of hydrogen-bond donors (Lipinski definition) is 0. The monoisotopic (exact) mass is 245 g/mol. The largest absolute Gasteiger partial charge is 0.257 e. The minimum Gasteiger partial charge on any atom is -0.257 e. The van der Waals surface area contributed by atoms with Gasteiger partial charge in [-0.2, -0.15) is 0 Å². The van der Waals surface area contributed by atoms with Crippen molar-refractivity contribution in [1.82, 2.24) is 4.98 Å². The maximum Gasteiger partial charge on any atom is 0.0658 e. The van der Waals surface area contributed by atoms with Gasteiger partial charge < -0.3 is 0 Å². The van der Waals surface area contributed by atoms with Crippen molar-refractivity contribution in [3.63, 3.8) is 0 Å². The fourth-order valence-electron chi connectivity index (χ4n) is 1.87. The zero-order valence-electron chi connectivity index (χ0n) is 13.0. The van der Waals surface area contributed by atoms with Crippen LogP contribution in [-0.4, -0.2) is 4.98 Å². The average molecular weight is 245 g/mol. The van der Waals surface area contributed by atoms with Gasteiger partial charge in [0.15, 0.2) is 0 Å². The number of hydrogen-bond acceptors (Lipinski definition) is 1. The molecule has 0 saturated heterocycles. The van der Waals surface area contributed by atoms with Crippen LogP contribution in [0.3, 0.4) is 0 Å². The minimum atomic E-state index is 0.179. The van der Waals surface area contributed by atoms with Gasteiger partial charge in [-0.15, -0.1) is 0 Å². The Morgan fingerprint density at radius 2 is 1.83 bits per heavy atom. The third-order valence-electron chi connectivity index (χ3n) is 3.55. The molecule has 0 bridgehead atoms. The van der Waals surface area contributed by atoms with Gasteiger partial charge in [-0.25, -0.2) is 0 Å². The van der Waals surface area contributed by atoms with Gasteiger partial charge >= 0.3 is 0 Å². The predicted molar refractivity (Wildman–Crippen MR) is 80.7 cm³/mol. The normalized spacial score (nSPS) is 13.8. The Kier molecular flexibility index (Phi) is 4.37. The van der Waals surface area contributed by atoms with Crippen LogP contribution in [0.4, 0.5) is 0 Å². The Labute approximate surface area is 112 Å². The molecule has 0 unspecified atom stereocenters. The first-order chi connectivity index (χ1) is 8.15. The summed E-state index contributed by atoms with van der Waals surface area (Å²) in [6.07, 6.45) is 5.40. The molecule has 0 N–H and O–H groups in total. The van der Waals surface area contributed by atoms with Crippen LogP contribution in [0.15, 0.2) is 24.4 Å². The lowest BCUT2D eigenvalue weighted by atomic mass is 9.85. The summed E-state index contributed by atoms with van der Waals surface area (Å²) in [6, 6.07) is 4.33. The van der Waals surface area contributed by atoms with Crippen LogP contribution < -0.4 is 0 Å². The lowest BCUT2D eigenvalue weighted by Gasteiger charge is -2.21. The van der Waals surface area contributed by atoms with Gasteiger partial charge in [0.1, 0.15) is 0 Å². The van der Waals surface area contributed by atoms with E-state index >= 15 is 0 Å². The van der Waals surface area contributed by atoms with E-state index in [1.54, 1.807) is 0 Å². The summed E-state index contributed by atoms with van der Waals surface area (Å²) in [5, 5.41) is 0. The Hall–Kier alpha value is -1.11.